The van der Waals surface area contributed by atoms with Crippen molar-refractivity contribution in [1.29, 1.82) is 0 Å². The van der Waals surface area contributed by atoms with Crippen LogP contribution in [0.15, 0.2) is 59.9 Å². The highest BCUT2D eigenvalue weighted by atomic mass is 32.2. The topological polar surface area (TPSA) is 34.9 Å². The zero-order valence-corrected chi connectivity index (χ0v) is 15.0. The van der Waals surface area contributed by atoms with E-state index in [9.17, 15) is 9.18 Å². The fraction of sp³-hybridized carbons (Fsp3) is 0.200. The van der Waals surface area contributed by atoms with E-state index in [1.165, 1.54) is 23.9 Å². The number of carbonyl (C=O) groups is 1. The third kappa shape index (κ3) is 4.17. The first kappa shape index (κ1) is 17.4. The number of hydrogen-bond acceptors (Lipinski definition) is 3. The molecule has 3 aromatic rings. The summed E-state index contributed by atoms with van der Waals surface area (Å²) in [4.78, 5) is 16.7. The number of imidazole rings is 1. The zero-order valence-electron chi connectivity index (χ0n) is 14.2. The number of hydrogen-bond donors (Lipinski definition) is 0. The van der Waals surface area contributed by atoms with E-state index in [4.69, 9.17) is 0 Å². The maximum absolute atomic E-state index is 13.1. The van der Waals surface area contributed by atoms with Crippen LogP contribution in [0.25, 0.3) is 11.3 Å². The molecule has 0 amide bonds. The van der Waals surface area contributed by atoms with Crippen molar-refractivity contribution in [2.24, 2.45) is 7.05 Å². The quantitative estimate of drug-likeness (QED) is 0.614. The number of nitrogens with zero attached hydrogens (tertiary/aromatic N) is 2. The molecule has 0 unspecified atom stereocenters. The van der Waals surface area contributed by atoms with E-state index in [2.05, 4.69) is 4.98 Å². The van der Waals surface area contributed by atoms with Crippen LogP contribution in [0.1, 0.15) is 11.1 Å². The van der Waals surface area contributed by atoms with Gasteiger partial charge in [0, 0.05) is 13.5 Å². The molecule has 0 aliphatic carbocycles. The van der Waals surface area contributed by atoms with E-state index in [1.54, 1.807) is 6.07 Å². The van der Waals surface area contributed by atoms with Crippen LogP contribution in [0.5, 0.6) is 0 Å². The van der Waals surface area contributed by atoms with Crippen LogP contribution in [0.3, 0.4) is 0 Å². The maximum Gasteiger partial charge on any atom is 0.168 e. The Kier molecular flexibility index (Phi) is 5.34. The van der Waals surface area contributed by atoms with Gasteiger partial charge in [-0.3, -0.25) is 4.79 Å². The van der Waals surface area contributed by atoms with Crippen LogP contribution in [0.2, 0.25) is 0 Å². The second-order valence-electron chi connectivity index (χ2n) is 5.93. The Morgan fingerprint density at radius 2 is 1.96 bits per heavy atom. The highest BCUT2D eigenvalue weighted by Crippen LogP contribution is 2.25. The van der Waals surface area contributed by atoms with E-state index < -0.39 is 0 Å². The molecule has 0 aliphatic heterocycles. The highest BCUT2D eigenvalue weighted by Gasteiger charge is 2.12. The second-order valence-corrected chi connectivity index (χ2v) is 6.87. The van der Waals surface area contributed by atoms with Crippen LogP contribution in [-0.4, -0.2) is 21.1 Å². The summed E-state index contributed by atoms with van der Waals surface area (Å²) >= 11 is 1.43. The molecule has 0 spiro atoms. The average Bonchev–Trinajstić information content (AvgIpc) is 2.97. The Balaban J connectivity index is 1.64. The van der Waals surface area contributed by atoms with E-state index in [1.807, 2.05) is 55.1 Å². The number of benzene rings is 2. The first-order chi connectivity index (χ1) is 12.0. The molecule has 1 aromatic heterocycles. The Morgan fingerprint density at radius 3 is 2.68 bits per heavy atom. The summed E-state index contributed by atoms with van der Waals surface area (Å²) in [5.41, 5.74) is 3.79. The lowest BCUT2D eigenvalue weighted by molar-refractivity contribution is -0.116. The van der Waals surface area contributed by atoms with Gasteiger partial charge in [-0.05, 0) is 35.7 Å². The summed E-state index contributed by atoms with van der Waals surface area (Å²) in [5, 5.41) is 0.808. The Hall–Kier alpha value is -2.40. The van der Waals surface area contributed by atoms with Crippen molar-refractivity contribution in [2.75, 3.05) is 5.75 Å². The van der Waals surface area contributed by atoms with Crippen molar-refractivity contribution in [2.45, 2.75) is 18.5 Å². The molecule has 0 saturated carbocycles. The summed E-state index contributed by atoms with van der Waals surface area (Å²) in [6.07, 6.45) is 2.14. The molecule has 3 nitrogen and oxygen atoms in total. The van der Waals surface area contributed by atoms with Crippen molar-refractivity contribution in [3.05, 3.63) is 71.7 Å². The lowest BCUT2D eigenvalue weighted by atomic mass is 10.0. The first-order valence-corrected chi connectivity index (χ1v) is 9.00. The van der Waals surface area contributed by atoms with Gasteiger partial charge in [0.1, 0.15) is 11.6 Å². The van der Waals surface area contributed by atoms with Crippen molar-refractivity contribution < 1.29 is 9.18 Å². The maximum atomic E-state index is 13.1. The normalized spacial score (nSPS) is 10.8. The van der Waals surface area contributed by atoms with Gasteiger partial charge in [-0.1, -0.05) is 48.2 Å². The molecule has 0 saturated heterocycles. The van der Waals surface area contributed by atoms with E-state index in [0.29, 0.717) is 12.2 Å². The van der Waals surface area contributed by atoms with Gasteiger partial charge in [0.05, 0.1) is 17.6 Å². The lowest BCUT2D eigenvalue weighted by Crippen LogP contribution is -2.08. The minimum Gasteiger partial charge on any atom is -0.322 e. The molecule has 128 valence electrons. The van der Waals surface area contributed by atoms with Crippen molar-refractivity contribution in [1.82, 2.24) is 9.55 Å². The number of halogens is 1. The summed E-state index contributed by atoms with van der Waals surface area (Å²) in [6.45, 7) is 1.82. The SMILES string of the molecule is Cc1cc(F)ccc1CC(=O)CSc1ncc(-c2ccccc2)n1C. The Labute approximate surface area is 150 Å². The van der Waals surface area contributed by atoms with Gasteiger partial charge in [-0.15, -0.1) is 0 Å². The fourth-order valence-corrected chi connectivity index (χ4v) is 3.48. The highest BCUT2D eigenvalue weighted by molar-refractivity contribution is 7.99. The number of carbonyl (C=O) groups excluding carboxylic acids is 1. The number of aromatic nitrogens is 2. The van der Waals surface area contributed by atoms with Crippen molar-refractivity contribution >= 4 is 17.5 Å². The zero-order chi connectivity index (χ0) is 17.8. The smallest absolute Gasteiger partial charge is 0.168 e. The first-order valence-electron chi connectivity index (χ1n) is 8.01. The number of thioether (sulfide) groups is 1. The number of ketones is 1. The molecule has 2 aromatic carbocycles. The van der Waals surface area contributed by atoms with Gasteiger partial charge in [-0.25, -0.2) is 9.37 Å². The molecule has 0 radical (unpaired) electrons. The van der Waals surface area contributed by atoms with Crippen LogP contribution in [-0.2, 0) is 18.3 Å². The van der Waals surface area contributed by atoms with Gasteiger partial charge in [0.25, 0.3) is 0 Å². The standard InChI is InChI=1S/C20H19FN2OS/c1-14-10-17(21)9-8-16(14)11-18(24)13-25-20-22-12-19(23(20)2)15-6-4-3-5-7-15/h3-10,12H,11,13H2,1-2H3. The van der Waals surface area contributed by atoms with Crippen LogP contribution >= 0.6 is 11.8 Å². The molecule has 1 heterocycles. The van der Waals surface area contributed by atoms with Crippen LogP contribution < -0.4 is 0 Å². The molecule has 0 fully saturated rings. The number of Topliss-reactive ketones (excluding diaryl/α,β-unsaturated/α-hetero) is 1. The predicted octanol–water partition coefficient (Wildman–Crippen LogP) is 4.44. The Bertz CT molecular complexity index is 890. The number of rotatable bonds is 6. The minimum absolute atomic E-state index is 0.101. The van der Waals surface area contributed by atoms with Crippen molar-refractivity contribution in [3.8, 4) is 11.3 Å². The lowest BCUT2D eigenvalue weighted by Gasteiger charge is -2.07. The molecule has 5 heteroatoms. The molecule has 0 aliphatic rings. The largest absolute Gasteiger partial charge is 0.322 e. The minimum atomic E-state index is -0.274. The summed E-state index contributed by atoms with van der Waals surface area (Å²) in [6, 6.07) is 14.6. The van der Waals surface area contributed by atoms with Crippen LogP contribution in [0, 0.1) is 12.7 Å². The molecule has 0 bridgehead atoms. The predicted molar refractivity (Wildman–Crippen MR) is 99.2 cm³/mol. The fourth-order valence-electron chi connectivity index (χ4n) is 2.67. The van der Waals surface area contributed by atoms with E-state index >= 15 is 0 Å². The second kappa shape index (κ2) is 7.66. The third-order valence-corrected chi connectivity index (χ3v) is 5.17. The van der Waals surface area contributed by atoms with Gasteiger partial charge in [0.2, 0.25) is 0 Å². The van der Waals surface area contributed by atoms with Gasteiger partial charge in [-0.2, -0.15) is 0 Å². The summed E-state index contributed by atoms with van der Waals surface area (Å²) < 4.78 is 15.1. The molecular formula is C20H19FN2OS. The van der Waals surface area contributed by atoms with E-state index in [-0.39, 0.29) is 11.6 Å². The van der Waals surface area contributed by atoms with Gasteiger partial charge in [0.15, 0.2) is 5.16 Å². The molecular weight excluding hydrogens is 335 g/mol. The molecule has 3 rings (SSSR count). The van der Waals surface area contributed by atoms with Crippen molar-refractivity contribution in [3.63, 3.8) is 0 Å². The van der Waals surface area contributed by atoms with Gasteiger partial charge < -0.3 is 4.57 Å². The molecule has 0 atom stereocenters. The summed E-state index contributed by atoms with van der Waals surface area (Å²) in [5.74, 6) is 0.170. The third-order valence-electron chi connectivity index (χ3n) is 4.07. The Morgan fingerprint density at radius 1 is 1.20 bits per heavy atom. The summed E-state index contributed by atoms with van der Waals surface area (Å²) in [7, 11) is 1.95. The van der Waals surface area contributed by atoms with Gasteiger partial charge >= 0.3 is 0 Å². The van der Waals surface area contributed by atoms with E-state index in [0.717, 1.165) is 27.5 Å². The monoisotopic (exact) mass is 354 g/mol. The number of aryl methyl sites for hydroxylation is 1. The molecule has 0 N–H and O–H groups in total. The average molecular weight is 354 g/mol. The van der Waals surface area contributed by atoms with Crippen LogP contribution in [0.4, 0.5) is 4.39 Å². The molecule has 25 heavy (non-hydrogen) atoms.